The zero-order valence-electron chi connectivity index (χ0n) is 39.9. The van der Waals surface area contributed by atoms with Crippen molar-refractivity contribution >= 4 is 72.9 Å². The second-order valence-electron chi connectivity index (χ2n) is 20.7. The molecule has 0 fully saturated rings. The van der Waals surface area contributed by atoms with E-state index in [-0.39, 0.29) is 16.2 Å². The molecule has 3 aliphatic rings. The number of fused-ring (bicyclic) bond motifs is 6. The number of rotatable bonds is 6. The molecule has 0 bridgehead atoms. The monoisotopic (exact) mass is 864 g/mol. The lowest BCUT2D eigenvalue weighted by Crippen LogP contribution is -2.34. The minimum Gasteiger partial charge on any atom is -0.310 e. The highest BCUT2D eigenvalue weighted by atomic mass is 15.2. The van der Waals surface area contributed by atoms with E-state index < -0.39 is 0 Å². The van der Waals surface area contributed by atoms with Crippen LogP contribution in [-0.2, 0) is 16.2 Å². The van der Waals surface area contributed by atoms with Gasteiger partial charge >= 0.3 is 0 Å². The standard InChI is InChI=1S/C65H56N2/c1-10-17-53-62(40(2)3)66(57-21-14-11-18-50(57)64(53,6)7)45-32-36-48-47-33-25-41(38-54(47)65(8,9)55(48)39-45)24-26-42-27-28-43-30-35-49-56(37-31-44-29-34-46(42)60(43)61(44)49)67-58-22-15-12-19-51(58)63(4,5)52-20-13-16-23-59(52)67/h10-39H,2H2,1,3-9H3. The van der Waals surface area contributed by atoms with Crippen molar-refractivity contribution in [3.05, 3.63) is 232 Å². The molecule has 9 aromatic carbocycles. The fraction of sp³-hybridized carbons (Fsp3) is 0.169. The van der Waals surface area contributed by atoms with Crippen LogP contribution in [0.15, 0.2) is 193 Å². The van der Waals surface area contributed by atoms with Gasteiger partial charge in [-0.15, -0.1) is 0 Å². The Kier molecular flexibility index (Phi) is 8.91. The lowest BCUT2D eigenvalue weighted by atomic mass is 9.72. The number of nitrogens with zero attached hydrogens (tertiary/aromatic N) is 2. The van der Waals surface area contributed by atoms with Gasteiger partial charge in [0.15, 0.2) is 0 Å². The Hall–Kier alpha value is -7.42. The Morgan fingerprint density at radius 2 is 0.985 bits per heavy atom. The molecule has 0 saturated heterocycles. The number of benzene rings is 9. The highest BCUT2D eigenvalue weighted by Crippen LogP contribution is 2.56. The molecule has 2 heteroatoms. The van der Waals surface area contributed by atoms with E-state index in [1.165, 1.54) is 122 Å². The minimum absolute atomic E-state index is 0.112. The number of allylic oxidation sites excluding steroid dienone is 4. The van der Waals surface area contributed by atoms with E-state index in [0.29, 0.717) is 0 Å². The van der Waals surface area contributed by atoms with Crippen LogP contribution in [0.2, 0.25) is 0 Å². The van der Waals surface area contributed by atoms with Crippen molar-refractivity contribution in [1.29, 1.82) is 0 Å². The summed E-state index contributed by atoms with van der Waals surface area (Å²) in [4.78, 5) is 4.96. The summed E-state index contributed by atoms with van der Waals surface area (Å²) in [6.45, 7) is 23.0. The van der Waals surface area contributed by atoms with Crippen molar-refractivity contribution in [3.63, 3.8) is 0 Å². The summed E-state index contributed by atoms with van der Waals surface area (Å²) in [7, 11) is 0. The first-order valence-electron chi connectivity index (χ1n) is 23.9. The van der Waals surface area contributed by atoms with Gasteiger partial charge in [0, 0.05) is 27.3 Å². The number of anilines is 5. The number of para-hydroxylation sites is 3. The highest BCUT2D eigenvalue weighted by molar-refractivity contribution is 6.27. The van der Waals surface area contributed by atoms with Crippen molar-refractivity contribution in [2.75, 3.05) is 9.80 Å². The van der Waals surface area contributed by atoms with Crippen LogP contribution in [0.5, 0.6) is 0 Å². The van der Waals surface area contributed by atoms with Crippen LogP contribution in [-0.4, -0.2) is 0 Å². The molecule has 326 valence electrons. The molecule has 0 unspecified atom stereocenters. The third kappa shape index (κ3) is 5.82. The molecule has 2 aliphatic heterocycles. The Balaban J connectivity index is 0.925. The van der Waals surface area contributed by atoms with Gasteiger partial charge in [0.25, 0.3) is 0 Å². The van der Waals surface area contributed by atoms with Crippen LogP contribution in [0, 0.1) is 0 Å². The molecule has 1 aliphatic carbocycles. The second kappa shape index (κ2) is 14.5. The molecule has 0 atom stereocenters. The third-order valence-corrected chi connectivity index (χ3v) is 15.7. The fourth-order valence-electron chi connectivity index (χ4n) is 12.3. The van der Waals surface area contributed by atoms with Gasteiger partial charge in [-0.2, -0.15) is 0 Å². The molecule has 0 saturated carbocycles. The van der Waals surface area contributed by atoms with Crippen LogP contribution in [0.1, 0.15) is 94.3 Å². The average molecular weight is 865 g/mol. The normalized spacial score (nSPS) is 16.5. The maximum Gasteiger partial charge on any atom is 0.0540 e. The van der Waals surface area contributed by atoms with E-state index in [1.807, 2.05) is 0 Å². The van der Waals surface area contributed by atoms with Crippen molar-refractivity contribution in [2.24, 2.45) is 0 Å². The summed E-state index contributed by atoms with van der Waals surface area (Å²) in [5.74, 6) is 0. The lowest BCUT2D eigenvalue weighted by molar-refractivity contribution is 0.619. The van der Waals surface area contributed by atoms with Crippen LogP contribution in [0.4, 0.5) is 28.4 Å². The maximum absolute atomic E-state index is 4.54. The van der Waals surface area contributed by atoms with Gasteiger partial charge in [0.2, 0.25) is 0 Å². The van der Waals surface area contributed by atoms with E-state index in [0.717, 1.165) is 5.57 Å². The molecule has 0 N–H and O–H groups in total. The van der Waals surface area contributed by atoms with Gasteiger partial charge < -0.3 is 9.80 Å². The van der Waals surface area contributed by atoms with Gasteiger partial charge in [0.05, 0.1) is 28.4 Å². The first-order chi connectivity index (χ1) is 32.3. The second-order valence-corrected chi connectivity index (χ2v) is 20.7. The van der Waals surface area contributed by atoms with E-state index >= 15 is 0 Å². The predicted molar refractivity (Wildman–Crippen MR) is 288 cm³/mol. The topological polar surface area (TPSA) is 6.48 Å². The maximum atomic E-state index is 4.54. The van der Waals surface area contributed by atoms with E-state index in [1.54, 1.807) is 0 Å². The Morgan fingerprint density at radius 1 is 0.463 bits per heavy atom. The Labute approximate surface area is 395 Å². The Morgan fingerprint density at radius 3 is 1.63 bits per heavy atom. The van der Waals surface area contributed by atoms with E-state index in [4.69, 9.17) is 0 Å². The van der Waals surface area contributed by atoms with Crippen LogP contribution < -0.4 is 9.80 Å². The predicted octanol–water partition coefficient (Wildman–Crippen LogP) is 18.0. The van der Waals surface area contributed by atoms with Gasteiger partial charge in [0.1, 0.15) is 0 Å². The summed E-state index contributed by atoms with van der Waals surface area (Å²) in [6.07, 6.45) is 9.08. The quantitative estimate of drug-likeness (QED) is 0.121. The first kappa shape index (κ1) is 41.0. The summed E-state index contributed by atoms with van der Waals surface area (Å²) < 4.78 is 0. The van der Waals surface area contributed by atoms with Crippen LogP contribution >= 0.6 is 0 Å². The summed E-state index contributed by atoms with van der Waals surface area (Å²) >= 11 is 0. The largest absolute Gasteiger partial charge is 0.310 e. The van der Waals surface area contributed by atoms with Crippen LogP contribution in [0.25, 0.3) is 55.6 Å². The van der Waals surface area contributed by atoms with Crippen LogP contribution in [0.3, 0.4) is 0 Å². The smallest absolute Gasteiger partial charge is 0.0540 e. The van der Waals surface area contributed by atoms with Gasteiger partial charge in [-0.25, -0.2) is 0 Å². The molecule has 0 aromatic heterocycles. The van der Waals surface area contributed by atoms with E-state index in [9.17, 15) is 0 Å². The molecular weight excluding hydrogens is 809 g/mol. The van der Waals surface area contributed by atoms with Crippen molar-refractivity contribution in [2.45, 2.75) is 71.6 Å². The van der Waals surface area contributed by atoms with Crippen molar-refractivity contribution < 1.29 is 0 Å². The molecule has 2 heterocycles. The summed E-state index contributed by atoms with van der Waals surface area (Å²) in [5.41, 5.74) is 20.9. The lowest BCUT2D eigenvalue weighted by Gasteiger charge is -2.43. The highest BCUT2D eigenvalue weighted by Gasteiger charge is 2.41. The van der Waals surface area contributed by atoms with Crippen molar-refractivity contribution in [1.82, 2.24) is 0 Å². The third-order valence-electron chi connectivity index (χ3n) is 15.7. The zero-order valence-corrected chi connectivity index (χ0v) is 39.9. The first-order valence-corrected chi connectivity index (χ1v) is 23.9. The summed E-state index contributed by atoms with van der Waals surface area (Å²) in [5, 5.41) is 7.71. The molecule has 0 spiro atoms. The summed E-state index contributed by atoms with van der Waals surface area (Å²) in [6, 6.07) is 59.5. The molecule has 0 amide bonds. The van der Waals surface area contributed by atoms with Gasteiger partial charge in [-0.3, -0.25) is 0 Å². The van der Waals surface area contributed by atoms with Gasteiger partial charge in [-0.05, 0) is 138 Å². The molecule has 9 aromatic rings. The molecule has 0 radical (unpaired) electrons. The molecular formula is C65H56N2. The molecule has 2 nitrogen and oxygen atoms in total. The van der Waals surface area contributed by atoms with Crippen molar-refractivity contribution in [3.8, 4) is 11.1 Å². The molecule has 67 heavy (non-hydrogen) atoms. The Bertz CT molecular complexity index is 3610. The minimum atomic E-state index is -0.200. The fourth-order valence-corrected chi connectivity index (χ4v) is 12.3. The molecule has 12 rings (SSSR count). The average Bonchev–Trinajstić information content (AvgIpc) is 3.55. The van der Waals surface area contributed by atoms with E-state index in [2.05, 4.69) is 254 Å². The number of hydrogen-bond donors (Lipinski definition) is 0. The zero-order chi connectivity index (χ0) is 46.1. The number of hydrogen-bond acceptors (Lipinski definition) is 2. The SMILES string of the molecule is C=C(C)C1=C(C=CC)C(C)(C)c2ccccc2N1c1ccc2c(c1)C(C)(C)c1cc(C=Cc3ccc4ccc5c(N6c7ccccc7C(C)(C)c7ccccc76)ccc6ccc3c4c65)ccc1-2. The van der Waals surface area contributed by atoms with Gasteiger partial charge in [-0.1, -0.05) is 194 Å².